The van der Waals surface area contributed by atoms with Crippen LogP contribution in [0.2, 0.25) is 0 Å². The van der Waals surface area contributed by atoms with E-state index in [1.807, 2.05) is 4.98 Å². The van der Waals surface area contributed by atoms with Gasteiger partial charge in [-0.1, -0.05) is 0 Å². The summed E-state index contributed by atoms with van der Waals surface area (Å²) < 4.78 is 24.4. The van der Waals surface area contributed by atoms with Crippen molar-refractivity contribution in [3.05, 3.63) is 22.0 Å². The lowest BCUT2D eigenvalue weighted by atomic mass is 10.4. The molecule has 60 valence electrons. The molecule has 0 aliphatic heterocycles. The molecule has 6 heteroatoms. The summed E-state index contributed by atoms with van der Waals surface area (Å²) in [5.41, 5.74) is 3.60. The first kappa shape index (κ1) is 7.64. The van der Waals surface area contributed by atoms with Crippen molar-refractivity contribution in [1.29, 1.82) is 0 Å². The third kappa shape index (κ3) is 1.34. The molecule has 1 aromatic heterocycles. The number of H-pyrrole nitrogens is 1. The third-order valence-electron chi connectivity index (χ3n) is 1.10. The normalized spacial score (nSPS) is 10.0. The fraction of sp³-hybridized carbons (Fsp3) is 0.200. The molecule has 0 atom stereocenters. The van der Waals surface area contributed by atoms with Gasteiger partial charge in [-0.05, 0) is 0 Å². The van der Waals surface area contributed by atoms with Gasteiger partial charge in [-0.3, -0.25) is 0 Å². The Morgan fingerprint density at radius 1 is 1.64 bits per heavy atom. The molecule has 1 rings (SSSR count). The van der Waals surface area contributed by atoms with Gasteiger partial charge in [-0.15, -0.1) is 0 Å². The van der Waals surface area contributed by atoms with Crippen LogP contribution in [0, 0.1) is 5.82 Å². The van der Waals surface area contributed by atoms with Crippen molar-refractivity contribution in [2.45, 2.75) is 6.67 Å². The zero-order valence-corrected chi connectivity index (χ0v) is 5.40. The molecule has 0 spiro atoms. The van der Waals surface area contributed by atoms with Crippen molar-refractivity contribution in [1.82, 2.24) is 9.97 Å². The Hall–Kier alpha value is -1.46. The summed E-state index contributed by atoms with van der Waals surface area (Å²) in [6.07, 6.45) is 0. The number of rotatable bonds is 1. The van der Waals surface area contributed by atoms with Crippen LogP contribution in [0.3, 0.4) is 0 Å². The largest absolute Gasteiger partial charge is 0.381 e. The van der Waals surface area contributed by atoms with E-state index in [0.717, 1.165) is 0 Å². The highest BCUT2D eigenvalue weighted by molar-refractivity contribution is 5.30. The summed E-state index contributed by atoms with van der Waals surface area (Å²) >= 11 is 0. The predicted molar refractivity (Wildman–Crippen MR) is 34.0 cm³/mol. The van der Waals surface area contributed by atoms with E-state index in [4.69, 9.17) is 5.73 Å². The monoisotopic (exact) mass is 161 g/mol. The molecule has 4 nitrogen and oxygen atoms in total. The Bertz CT molecular complexity index is 322. The van der Waals surface area contributed by atoms with E-state index in [-0.39, 0.29) is 0 Å². The lowest BCUT2D eigenvalue weighted by Crippen LogP contribution is -2.17. The first-order valence-electron chi connectivity index (χ1n) is 2.75. The number of nitrogens with two attached hydrogens (primary N) is 1. The Labute approximate surface area is 60.1 Å². The van der Waals surface area contributed by atoms with Gasteiger partial charge in [0.05, 0.1) is 5.69 Å². The zero-order valence-electron chi connectivity index (χ0n) is 5.40. The maximum absolute atomic E-state index is 12.6. The number of aromatic nitrogens is 2. The van der Waals surface area contributed by atoms with Crippen LogP contribution >= 0.6 is 0 Å². The fourth-order valence-electron chi connectivity index (χ4n) is 0.617. The van der Waals surface area contributed by atoms with Gasteiger partial charge in [0.1, 0.15) is 6.67 Å². The number of aromatic amines is 1. The highest BCUT2D eigenvalue weighted by atomic mass is 19.1. The van der Waals surface area contributed by atoms with Gasteiger partial charge >= 0.3 is 5.69 Å². The van der Waals surface area contributed by atoms with Crippen LogP contribution in [-0.2, 0) is 6.67 Å². The predicted octanol–water partition coefficient (Wildman–Crippen LogP) is -0.0393. The van der Waals surface area contributed by atoms with E-state index >= 15 is 0 Å². The van der Waals surface area contributed by atoms with Crippen molar-refractivity contribution in [3.8, 4) is 0 Å². The minimum absolute atomic E-state index is 0.470. The molecule has 1 aromatic rings. The molecule has 0 aliphatic carbocycles. The average Bonchev–Trinajstić information content (AvgIpc) is 1.96. The zero-order chi connectivity index (χ0) is 8.43. The Kier molecular flexibility index (Phi) is 1.84. The number of halogens is 2. The second-order valence-electron chi connectivity index (χ2n) is 1.85. The fourth-order valence-corrected chi connectivity index (χ4v) is 0.617. The number of nitrogens with one attached hydrogen (secondary N) is 1. The number of anilines is 1. The van der Waals surface area contributed by atoms with Gasteiger partial charge in [-0.25, -0.2) is 13.6 Å². The quantitative estimate of drug-likeness (QED) is 0.607. The van der Waals surface area contributed by atoms with Gasteiger partial charge in [0.2, 0.25) is 0 Å². The molecular formula is C5H5F2N3O. The SMILES string of the molecule is Nc1nc(=O)[nH]c(CF)c1F. The Morgan fingerprint density at radius 2 is 2.27 bits per heavy atom. The summed E-state index contributed by atoms with van der Waals surface area (Å²) in [4.78, 5) is 15.3. The molecule has 0 amide bonds. The van der Waals surface area contributed by atoms with E-state index in [1.54, 1.807) is 0 Å². The van der Waals surface area contributed by atoms with Crippen LogP contribution in [0.4, 0.5) is 14.6 Å². The van der Waals surface area contributed by atoms with Crippen molar-refractivity contribution >= 4 is 5.82 Å². The molecule has 3 N–H and O–H groups in total. The number of nitrogen functional groups attached to an aromatic ring is 1. The number of nitrogens with zero attached hydrogens (tertiary/aromatic N) is 1. The van der Waals surface area contributed by atoms with E-state index in [2.05, 4.69) is 4.98 Å². The summed E-state index contributed by atoms with van der Waals surface area (Å²) in [6.45, 7) is -1.10. The number of hydrogen-bond donors (Lipinski definition) is 2. The summed E-state index contributed by atoms with van der Waals surface area (Å²) in [7, 11) is 0. The molecule has 11 heavy (non-hydrogen) atoms. The Morgan fingerprint density at radius 3 is 2.82 bits per heavy atom. The van der Waals surface area contributed by atoms with Crippen LogP contribution in [0.15, 0.2) is 4.79 Å². The third-order valence-corrected chi connectivity index (χ3v) is 1.10. The summed E-state index contributed by atoms with van der Waals surface area (Å²) in [6, 6.07) is 0. The van der Waals surface area contributed by atoms with Crippen molar-refractivity contribution in [2.24, 2.45) is 0 Å². The highest BCUT2D eigenvalue weighted by Gasteiger charge is 2.07. The van der Waals surface area contributed by atoms with Gasteiger partial charge in [0.15, 0.2) is 11.6 Å². The molecule has 0 aromatic carbocycles. The van der Waals surface area contributed by atoms with E-state index in [9.17, 15) is 13.6 Å². The molecular weight excluding hydrogens is 156 g/mol. The maximum atomic E-state index is 12.6. The first-order valence-corrected chi connectivity index (χ1v) is 2.75. The molecule has 0 saturated heterocycles. The first-order chi connectivity index (χ1) is 5.15. The van der Waals surface area contributed by atoms with E-state index < -0.39 is 29.7 Å². The minimum atomic E-state index is -1.10. The molecule has 1 heterocycles. The van der Waals surface area contributed by atoms with Crippen molar-refractivity contribution < 1.29 is 8.78 Å². The smallest absolute Gasteiger partial charge is 0.347 e. The number of alkyl halides is 1. The highest BCUT2D eigenvalue weighted by Crippen LogP contribution is 2.07. The molecule has 0 unspecified atom stereocenters. The second-order valence-corrected chi connectivity index (χ2v) is 1.85. The van der Waals surface area contributed by atoms with Gasteiger partial charge in [-0.2, -0.15) is 4.98 Å². The van der Waals surface area contributed by atoms with E-state index in [1.165, 1.54) is 0 Å². The van der Waals surface area contributed by atoms with Crippen LogP contribution < -0.4 is 11.4 Å². The van der Waals surface area contributed by atoms with E-state index in [0.29, 0.717) is 0 Å². The van der Waals surface area contributed by atoms with Crippen molar-refractivity contribution in [3.63, 3.8) is 0 Å². The van der Waals surface area contributed by atoms with Crippen LogP contribution in [-0.4, -0.2) is 9.97 Å². The maximum Gasteiger partial charge on any atom is 0.347 e. The average molecular weight is 161 g/mol. The minimum Gasteiger partial charge on any atom is -0.381 e. The molecule has 0 saturated carbocycles. The van der Waals surface area contributed by atoms with Crippen LogP contribution in [0.25, 0.3) is 0 Å². The Balaban J connectivity index is 3.36. The molecule has 0 bridgehead atoms. The topological polar surface area (TPSA) is 71.8 Å². The standard InChI is InChI=1S/C5H5F2N3O/c6-1-2-3(7)4(8)10-5(11)9-2/h1H2,(H3,8,9,10,11). The van der Waals surface area contributed by atoms with Crippen LogP contribution in [0.1, 0.15) is 5.69 Å². The summed E-state index contributed by atoms with van der Waals surface area (Å²) in [5, 5.41) is 0. The molecule has 0 radical (unpaired) electrons. The lowest BCUT2D eigenvalue weighted by Gasteiger charge is -1.97. The molecule has 0 fully saturated rings. The molecule has 0 aliphatic rings. The second kappa shape index (κ2) is 2.65. The lowest BCUT2D eigenvalue weighted by molar-refractivity contribution is 0.450. The summed E-state index contributed by atoms with van der Waals surface area (Å²) in [5.74, 6) is -1.59. The van der Waals surface area contributed by atoms with Crippen molar-refractivity contribution in [2.75, 3.05) is 5.73 Å². The van der Waals surface area contributed by atoms with Gasteiger partial charge in [0.25, 0.3) is 0 Å². The van der Waals surface area contributed by atoms with Crippen LogP contribution in [0.5, 0.6) is 0 Å². The number of hydrogen-bond acceptors (Lipinski definition) is 3. The van der Waals surface area contributed by atoms with Gasteiger partial charge in [0, 0.05) is 0 Å². The van der Waals surface area contributed by atoms with Gasteiger partial charge < -0.3 is 10.7 Å².